The molecule has 0 radical (unpaired) electrons. The summed E-state index contributed by atoms with van der Waals surface area (Å²) in [7, 11) is 0. The Hall–Kier alpha value is -0.680. The molecule has 3 rings (SSSR count). The van der Waals surface area contributed by atoms with E-state index in [1.807, 2.05) is 29.2 Å². The number of nitrogens with zero attached hydrogens (tertiary/aromatic N) is 2. The molecule has 124 valence electrons. The molecule has 0 spiro atoms. The average Bonchev–Trinajstić information content (AvgIpc) is 3.02. The molecular formula is C15H22Cl3N3O. The third kappa shape index (κ3) is 4.42. The SMILES string of the molecule is Cl.Cl.O=C(C1CCNC1)N1CCN(c2ccc(Cl)cc2)CC1. The molecule has 0 saturated carbocycles. The van der Waals surface area contributed by atoms with Crippen molar-refractivity contribution in [1.82, 2.24) is 10.2 Å². The van der Waals surface area contributed by atoms with E-state index in [4.69, 9.17) is 11.6 Å². The predicted octanol–water partition coefficient (Wildman–Crippen LogP) is 2.44. The van der Waals surface area contributed by atoms with Crippen LogP contribution in [0.15, 0.2) is 24.3 Å². The number of benzene rings is 1. The van der Waals surface area contributed by atoms with E-state index in [1.165, 1.54) is 5.69 Å². The van der Waals surface area contributed by atoms with Crippen LogP contribution in [0.25, 0.3) is 0 Å². The number of nitrogens with one attached hydrogen (secondary N) is 1. The lowest BCUT2D eigenvalue weighted by Crippen LogP contribution is -2.50. The van der Waals surface area contributed by atoms with Crippen molar-refractivity contribution in [3.8, 4) is 0 Å². The van der Waals surface area contributed by atoms with E-state index >= 15 is 0 Å². The summed E-state index contributed by atoms with van der Waals surface area (Å²) in [4.78, 5) is 16.7. The molecule has 2 aliphatic heterocycles. The first-order valence-electron chi connectivity index (χ1n) is 7.24. The Bertz CT molecular complexity index is 469. The Morgan fingerprint density at radius 3 is 2.27 bits per heavy atom. The van der Waals surface area contributed by atoms with Crippen LogP contribution in [-0.4, -0.2) is 50.1 Å². The molecule has 1 aromatic rings. The van der Waals surface area contributed by atoms with E-state index in [9.17, 15) is 4.79 Å². The van der Waals surface area contributed by atoms with Gasteiger partial charge in [0.25, 0.3) is 0 Å². The number of hydrogen-bond donors (Lipinski definition) is 1. The number of halogens is 3. The van der Waals surface area contributed by atoms with E-state index in [2.05, 4.69) is 10.2 Å². The van der Waals surface area contributed by atoms with Crippen molar-refractivity contribution >= 4 is 48.0 Å². The number of carbonyl (C=O) groups excluding carboxylic acids is 1. The van der Waals surface area contributed by atoms with E-state index < -0.39 is 0 Å². The second kappa shape index (κ2) is 8.82. The summed E-state index contributed by atoms with van der Waals surface area (Å²) in [5, 5.41) is 4.02. The zero-order chi connectivity index (χ0) is 13.9. The third-order valence-corrected chi connectivity index (χ3v) is 4.44. The van der Waals surface area contributed by atoms with Crippen LogP contribution in [0.1, 0.15) is 6.42 Å². The summed E-state index contributed by atoms with van der Waals surface area (Å²) in [6.45, 7) is 5.24. The van der Waals surface area contributed by atoms with Crippen molar-refractivity contribution in [3.63, 3.8) is 0 Å². The minimum Gasteiger partial charge on any atom is -0.368 e. The van der Waals surface area contributed by atoms with Gasteiger partial charge in [-0.25, -0.2) is 0 Å². The Morgan fingerprint density at radius 1 is 1.09 bits per heavy atom. The summed E-state index contributed by atoms with van der Waals surface area (Å²) in [6, 6.07) is 7.92. The molecule has 22 heavy (non-hydrogen) atoms. The predicted molar refractivity (Wildman–Crippen MR) is 95.7 cm³/mol. The monoisotopic (exact) mass is 365 g/mol. The van der Waals surface area contributed by atoms with Gasteiger partial charge in [-0.05, 0) is 37.2 Å². The van der Waals surface area contributed by atoms with Gasteiger partial charge in [0.1, 0.15) is 0 Å². The molecule has 7 heteroatoms. The number of piperazine rings is 1. The number of anilines is 1. The van der Waals surface area contributed by atoms with Gasteiger partial charge >= 0.3 is 0 Å². The summed E-state index contributed by atoms with van der Waals surface area (Å²) in [6.07, 6.45) is 0.982. The van der Waals surface area contributed by atoms with Gasteiger partial charge in [-0.3, -0.25) is 4.79 Å². The molecule has 1 unspecified atom stereocenters. The Labute approximate surface area is 149 Å². The standard InChI is InChI=1S/C15H20ClN3O.2ClH/c16-13-1-3-14(4-2-13)18-7-9-19(10-8-18)15(20)12-5-6-17-11-12;;/h1-4,12,17H,5-11H2;2*1H. The largest absolute Gasteiger partial charge is 0.368 e. The van der Waals surface area contributed by atoms with Gasteiger partial charge in [-0.1, -0.05) is 11.6 Å². The van der Waals surface area contributed by atoms with E-state index in [1.54, 1.807) is 0 Å². The fourth-order valence-corrected chi connectivity index (χ4v) is 3.09. The van der Waals surface area contributed by atoms with Crippen LogP contribution in [-0.2, 0) is 4.79 Å². The second-order valence-electron chi connectivity index (χ2n) is 5.48. The van der Waals surface area contributed by atoms with Crippen molar-refractivity contribution in [1.29, 1.82) is 0 Å². The van der Waals surface area contributed by atoms with Gasteiger partial charge in [-0.2, -0.15) is 0 Å². The van der Waals surface area contributed by atoms with Crippen LogP contribution in [0.2, 0.25) is 5.02 Å². The highest BCUT2D eigenvalue weighted by Gasteiger charge is 2.29. The molecule has 2 heterocycles. The van der Waals surface area contributed by atoms with Gasteiger partial charge in [-0.15, -0.1) is 24.8 Å². The third-order valence-electron chi connectivity index (χ3n) is 4.19. The smallest absolute Gasteiger partial charge is 0.227 e. The zero-order valence-electron chi connectivity index (χ0n) is 12.3. The first kappa shape index (κ1) is 19.4. The van der Waals surface area contributed by atoms with E-state index in [-0.39, 0.29) is 30.7 Å². The molecular weight excluding hydrogens is 345 g/mol. The first-order chi connectivity index (χ1) is 9.74. The quantitative estimate of drug-likeness (QED) is 0.873. The number of carbonyl (C=O) groups is 1. The average molecular weight is 367 g/mol. The molecule has 0 bridgehead atoms. The number of hydrogen-bond acceptors (Lipinski definition) is 3. The lowest BCUT2D eigenvalue weighted by Gasteiger charge is -2.37. The Morgan fingerprint density at radius 2 is 1.73 bits per heavy atom. The van der Waals surface area contributed by atoms with Gasteiger partial charge in [0.05, 0.1) is 5.92 Å². The molecule has 1 aromatic carbocycles. The van der Waals surface area contributed by atoms with Crippen LogP contribution in [0.3, 0.4) is 0 Å². The maximum atomic E-state index is 12.3. The van der Waals surface area contributed by atoms with Crippen molar-refractivity contribution in [2.45, 2.75) is 6.42 Å². The highest BCUT2D eigenvalue weighted by atomic mass is 35.5. The Balaban J connectivity index is 0.00000121. The maximum absolute atomic E-state index is 12.3. The molecule has 0 aliphatic carbocycles. The van der Waals surface area contributed by atoms with Crippen molar-refractivity contribution in [2.75, 3.05) is 44.2 Å². The normalized spacial score (nSPS) is 21.0. The first-order valence-corrected chi connectivity index (χ1v) is 7.62. The molecule has 2 aliphatic rings. The maximum Gasteiger partial charge on any atom is 0.227 e. The highest BCUT2D eigenvalue weighted by molar-refractivity contribution is 6.30. The van der Waals surface area contributed by atoms with Crippen molar-refractivity contribution in [3.05, 3.63) is 29.3 Å². The van der Waals surface area contributed by atoms with Gasteiger partial charge in [0, 0.05) is 43.4 Å². The van der Waals surface area contributed by atoms with Crippen LogP contribution >= 0.6 is 36.4 Å². The van der Waals surface area contributed by atoms with Gasteiger partial charge in [0.2, 0.25) is 5.91 Å². The Kier molecular flexibility index (Phi) is 7.77. The summed E-state index contributed by atoms with van der Waals surface area (Å²) < 4.78 is 0. The topological polar surface area (TPSA) is 35.6 Å². The fourth-order valence-electron chi connectivity index (χ4n) is 2.96. The summed E-state index contributed by atoms with van der Waals surface area (Å²) in [5.41, 5.74) is 1.18. The second-order valence-corrected chi connectivity index (χ2v) is 5.91. The van der Waals surface area contributed by atoms with Crippen molar-refractivity contribution < 1.29 is 4.79 Å². The van der Waals surface area contributed by atoms with Crippen LogP contribution in [0.4, 0.5) is 5.69 Å². The van der Waals surface area contributed by atoms with Gasteiger partial charge in [0.15, 0.2) is 0 Å². The molecule has 2 fully saturated rings. The molecule has 2 saturated heterocycles. The van der Waals surface area contributed by atoms with Gasteiger partial charge < -0.3 is 15.1 Å². The van der Waals surface area contributed by atoms with Crippen molar-refractivity contribution in [2.24, 2.45) is 5.92 Å². The van der Waals surface area contributed by atoms with Crippen LogP contribution in [0, 0.1) is 5.92 Å². The lowest BCUT2D eigenvalue weighted by molar-refractivity contribution is -0.135. The number of rotatable bonds is 2. The number of amides is 1. The van der Waals surface area contributed by atoms with Crippen LogP contribution < -0.4 is 10.2 Å². The summed E-state index contributed by atoms with van der Waals surface area (Å²) in [5.74, 6) is 0.517. The molecule has 1 atom stereocenters. The zero-order valence-corrected chi connectivity index (χ0v) is 14.7. The molecule has 1 amide bonds. The van der Waals surface area contributed by atoms with E-state index in [0.29, 0.717) is 5.91 Å². The van der Waals surface area contributed by atoms with Crippen LogP contribution in [0.5, 0.6) is 0 Å². The summed E-state index contributed by atoms with van der Waals surface area (Å²) >= 11 is 5.91. The minimum absolute atomic E-state index is 0. The molecule has 0 aromatic heterocycles. The lowest BCUT2D eigenvalue weighted by atomic mass is 10.1. The molecule has 1 N–H and O–H groups in total. The van der Waals surface area contributed by atoms with E-state index in [0.717, 1.165) is 50.7 Å². The minimum atomic E-state index is 0. The molecule has 4 nitrogen and oxygen atoms in total. The fraction of sp³-hybridized carbons (Fsp3) is 0.533. The highest BCUT2D eigenvalue weighted by Crippen LogP contribution is 2.20.